The van der Waals surface area contributed by atoms with Crippen molar-refractivity contribution >= 4 is 20.9 Å². The molecule has 0 radical (unpaired) electrons. The number of hydrogen-bond acceptors (Lipinski definition) is 4. The molecule has 0 saturated heterocycles. The highest BCUT2D eigenvalue weighted by Crippen LogP contribution is 2.44. The maximum Gasteiger partial charge on any atom is 0.458 e. The van der Waals surface area contributed by atoms with Gasteiger partial charge in [0.2, 0.25) is 0 Å². The number of halogens is 5. The summed E-state index contributed by atoms with van der Waals surface area (Å²) < 4.78 is 89.1. The number of imidazole rings is 1. The summed E-state index contributed by atoms with van der Waals surface area (Å²) >= 11 is 0. The summed E-state index contributed by atoms with van der Waals surface area (Å²) in [5, 5.41) is 0. The third kappa shape index (κ3) is 3.58. The highest BCUT2D eigenvalue weighted by atomic mass is 32.2. The number of sulfone groups is 1. The molecule has 0 fully saturated rings. The number of fused-ring (bicyclic) bond motifs is 1. The number of aromatic nitrogens is 3. The predicted octanol–water partition coefficient (Wildman–Crippen LogP) is 4.00. The van der Waals surface area contributed by atoms with E-state index < -0.39 is 27.5 Å². The summed E-state index contributed by atoms with van der Waals surface area (Å²) in [5.41, 5.74) is -0.873. The van der Waals surface area contributed by atoms with E-state index in [1.165, 1.54) is 25.3 Å². The Balaban J connectivity index is 2.00. The van der Waals surface area contributed by atoms with E-state index in [0.29, 0.717) is 12.1 Å². The van der Waals surface area contributed by atoms with E-state index in [4.69, 9.17) is 0 Å². The SMILES string of the molecule is CCS(=O)(=O)c1cccnc1Cc1nc2cc(C(F)(F)C(F)(F)F)ccc2[nH]1. The van der Waals surface area contributed by atoms with Gasteiger partial charge in [-0.05, 0) is 24.3 Å². The van der Waals surface area contributed by atoms with Crippen LogP contribution in [0, 0.1) is 0 Å². The molecule has 5 nitrogen and oxygen atoms in total. The number of hydrogen-bond donors (Lipinski definition) is 1. The van der Waals surface area contributed by atoms with Crippen LogP contribution in [0.5, 0.6) is 0 Å². The zero-order chi connectivity index (χ0) is 20.7. The molecule has 0 amide bonds. The summed E-state index contributed by atoms with van der Waals surface area (Å²) in [5.74, 6) is -4.96. The topological polar surface area (TPSA) is 75.7 Å². The number of aromatic amines is 1. The maximum atomic E-state index is 13.5. The Labute approximate surface area is 156 Å². The minimum Gasteiger partial charge on any atom is -0.342 e. The average Bonchev–Trinajstić information content (AvgIpc) is 3.02. The molecule has 0 bridgehead atoms. The zero-order valence-electron chi connectivity index (χ0n) is 14.4. The summed E-state index contributed by atoms with van der Waals surface area (Å²) in [6.45, 7) is 1.48. The van der Waals surface area contributed by atoms with E-state index in [1.807, 2.05) is 0 Å². The van der Waals surface area contributed by atoms with Gasteiger partial charge >= 0.3 is 12.1 Å². The molecule has 0 unspecified atom stereocenters. The molecule has 28 heavy (non-hydrogen) atoms. The smallest absolute Gasteiger partial charge is 0.342 e. The molecule has 2 heterocycles. The Kier molecular flexibility index (Phi) is 4.90. The second-order valence-electron chi connectivity index (χ2n) is 6.02. The molecule has 3 aromatic rings. The van der Waals surface area contributed by atoms with Crippen molar-refractivity contribution in [3.8, 4) is 0 Å². The minimum atomic E-state index is -5.73. The molecule has 1 aromatic carbocycles. The molecule has 1 N–H and O–H groups in total. The van der Waals surface area contributed by atoms with Crippen molar-refractivity contribution in [1.82, 2.24) is 15.0 Å². The van der Waals surface area contributed by atoms with Gasteiger partial charge in [0.1, 0.15) is 5.82 Å². The first-order valence-corrected chi connectivity index (χ1v) is 9.71. The van der Waals surface area contributed by atoms with Gasteiger partial charge in [0.15, 0.2) is 9.84 Å². The predicted molar refractivity (Wildman–Crippen MR) is 90.8 cm³/mol. The normalized spacial score (nSPS) is 13.2. The van der Waals surface area contributed by atoms with Crippen molar-refractivity contribution in [2.45, 2.75) is 30.3 Å². The fourth-order valence-corrected chi connectivity index (χ4v) is 3.74. The van der Waals surface area contributed by atoms with Crippen molar-refractivity contribution < 1.29 is 30.4 Å². The number of rotatable bonds is 5. The van der Waals surface area contributed by atoms with Crippen molar-refractivity contribution in [3.05, 3.63) is 53.6 Å². The van der Waals surface area contributed by atoms with Crippen LogP contribution >= 0.6 is 0 Å². The molecule has 0 aliphatic carbocycles. The maximum absolute atomic E-state index is 13.5. The van der Waals surface area contributed by atoms with E-state index >= 15 is 0 Å². The Morgan fingerprint density at radius 3 is 2.46 bits per heavy atom. The minimum absolute atomic E-state index is 0.0160. The molecule has 2 aromatic heterocycles. The monoisotopic (exact) mass is 419 g/mol. The fraction of sp³-hybridized carbons (Fsp3) is 0.294. The summed E-state index contributed by atoms with van der Waals surface area (Å²) in [6, 6.07) is 5.27. The molecule has 0 aliphatic rings. The van der Waals surface area contributed by atoms with Crippen LogP contribution in [0.4, 0.5) is 22.0 Å². The number of alkyl halides is 5. The Hall–Kier alpha value is -2.56. The van der Waals surface area contributed by atoms with Crippen LogP contribution in [0.25, 0.3) is 11.0 Å². The van der Waals surface area contributed by atoms with Crippen LogP contribution in [0.15, 0.2) is 41.4 Å². The lowest BCUT2D eigenvalue weighted by Gasteiger charge is -2.19. The van der Waals surface area contributed by atoms with Crippen molar-refractivity contribution in [2.24, 2.45) is 0 Å². The lowest BCUT2D eigenvalue weighted by molar-refractivity contribution is -0.289. The van der Waals surface area contributed by atoms with Gasteiger partial charge in [-0.1, -0.05) is 13.0 Å². The van der Waals surface area contributed by atoms with Crippen LogP contribution in [-0.4, -0.2) is 35.3 Å². The van der Waals surface area contributed by atoms with E-state index in [-0.39, 0.29) is 39.6 Å². The summed E-state index contributed by atoms with van der Waals surface area (Å²) in [7, 11) is -3.55. The van der Waals surface area contributed by atoms with Gasteiger partial charge in [-0.15, -0.1) is 0 Å². The number of H-pyrrole nitrogens is 1. The average molecular weight is 419 g/mol. The first-order valence-electron chi connectivity index (χ1n) is 8.06. The van der Waals surface area contributed by atoms with E-state index in [0.717, 1.165) is 6.07 Å². The van der Waals surface area contributed by atoms with Gasteiger partial charge in [0.05, 0.1) is 27.4 Å². The van der Waals surface area contributed by atoms with Crippen LogP contribution in [-0.2, 0) is 22.2 Å². The molecule has 11 heteroatoms. The standard InChI is InChI=1S/C17H14F5N3O2S/c1-2-28(26,27)14-4-3-7-23-13(14)9-15-24-11-6-5-10(8-12(11)25-15)16(18,19)17(20,21)22/h3-8H,2,9H2,1H3,(H,24,25). The molecule has 0 atom stereocenters. The van der Waals surface area contributed by atoms with Gasteiger partial charge in [-0.2, -0.15) is 22.0 Å². The fourth-order valence-electron chi connectivity index (χ4n) is 2.65. The Morgan fingerprint density at radius 2 is 1.82 bits per heavy atom. The van der Waals surface area contributed by atoms with Gasteiger partial charge < -0.3 is 4.98 Å². The van der Waals surface area contributed by atoms with E-state index in [1.54, 1.807) is 0 Å². The number of benzene rings is 1. The number of nitrogens with one attached hydrogen (secondary N) is 1. The van der Waals surface area contributed by atoms with Gasteiger partial charge in [-0.3, -0.25) is 4.98 Å². The number of pyridine rings is 1. The third-order valence-electron chi connectivity index (χ3n) is 4.15. The van der Waals surface area contributed by atoms with Gasteiger partial charge in [-0.25, -0.2) is 13.4 Å². The van der Waals surface area contributed by atoms with Crippen LogP contribution < -0.4 is 0 Å². The molecule has 0 spiro atoms. The van der Waals surface area contributed by atoms with Crippen molar-refractivity contribution in [1.29, 1.82) is 0 Å². The quantitative estimate of drug-likeness (QED) is 0.635. The number of nitrogens with zero attached hydrogens (tertiary/aromatic N) is 2. The van der Waals surface area contributed by atoms with Crippen LogP contribution in [0.1, 0.15) is 24.0 Å². The molecular formula is C17H14F5N3O2S. The Morgan fingerprint density at radius 1 is 1.11 bits per heavy atom. The summed E-state index contributed by atoms with van der Waals surface area (Å²) in [4.78, 5) is 10.9. The van der Waals surface area contributed by atoms with E-state index in [2.05, 4.69) is 15.0 Å². The first-order chi connectivity index (χ1) is 13.0. The highest BCUT2D eigenvalue weighted by molar-refractivity contribution is 7.91. The van der Waals surface area contributed by atoms with Crippen LogP contribution in [0.2, 0.25) is 0 Å². The lowest BCUT2D eigenvalue weighted by atomic mass is 10.1. The summed E-state index contributed by atoms with van der Waals surface area (Å²) in [6.07, 6.45) is -4.39. The molecule has 0 saturated carbocycles. The molecule has 150 valence electrons. The van der Waals surface area contributed by atoms with Gasteiger partial charge in [0.25, 0.3) is 0 Å². The second kappa shape index (κ2) is 6.80. The zero-order valence-corrected chi connectivity index (χ0v) is 15.2. The largest absolute Gasteiger partial charge is 0.458 e. The lowest BCUT2D eigenvalue weighted by Crippen LogP contribution is -2.33. The Bertz CT molecular complexity index is 1120. The second-order valence-corrected chi connectivity index (χ2v) is 8.26. The molecular weight excluding hydrogens is 405 g/mol. The highest BCUT2D eigenvalue weighted by Gasteiger charge is 2.58. The molecule has 0 aliphatic heterocycles. The van der Waals surface area contributed by atoms with Crippen LogP contribution in [0.3, 0.4) is 0 Å². The van der Waals surface area contributed by atoms with Crippen molar-refractivity contribution in [2.75, 3.05) is 5.75 Å². The molecule has 3 rings (SSSR count). The van der Waals surface area contributed by atoms with Gasteiger partial charge in [0, 0.05) is 18.2 Å². The van der Waals surface area contributed by atoms with E-state index in [9.17, 15) is 30.4 Å². The third-order valence-corrected chi connectivity index (χ3v) is 5.95. The first kappa shape index (κ1) is 20.2. The van der Waals surface area contributed by atoms with Crippen molar-refractivity contribution in [3.63, 3.8) is 0 Å².